The van der Waals surface area contributed by atoms with Gasteiger partial charge in [-0.3, -0.25) is 4.90 Å². The van der Waals surface area contributed by atoms with Crippen LogP contribution in [0.25, 0.3) is 0 Å². The SMILES string of the molecule is CC1CN(Cc2ccc(C(=O)O)cc2F)CC1N(C)C. The van der Waals surface area contributed by atoms with Crippen LogP contribution in [0.2, 0.25) is 0 Å². The van der Waals surface area contributed by atoms with E-state index in [-0.39, 0.29) is 5.56 Å². The molecule has 1 saturated heterocycles. The van der Waals surface area contributed by atoms with Crippen LogP contribution in [-0.2, 0) is 6.54 Å². The molecule has 4 nitrogen and oxygen atoms in total. The van der Waals surface area contributed by atoms with E-state index in [0.29, 0.717) is 24.1 Å². The highest BCUT2D eigenvalue weighted by Gasteiger charge is 2.31. The van der Waals surface area contributed by atoms with Crippen LogP contribution in [0.15, 0.2) is 18.2 Å². The van der Waals surface area contributed by atoms with E-state index in [1.807, 2.05) is 0 Å². The zero-order valence-electron chi connectivity index (χ0n) is 12.1. The Balaban J connectivity index is 2.06. The molecule has 2 atom stereocenters. The highest BCUT2D eigenvalue weighted by atomic mass is 19.1. The first-order valence-corrected chi connectivity index (χ1v) is 6.79. The molecule has 1 aromatic carbocycles. The molecular formula is C15H21FN2O2. The van der Waals surface area contributed by atoms with Crippen LogP contribution < -0.4 is 0 Å². The highest BCUT2D eigenvalue weighted by molar-refractivity contribution is 5.87. The van der Waals surface area contributed by atoms with Crippen LogP contribution in [0.3, 0.4) is 0 Å². The van der Waals surface area contributed by atoms with Gasteiger partial charge in [0.05, 0.1) is 5.56 Å². The lowest BCUT2D eigenvalue weighted by Crippen LogP contribution is -2.34. The predicted molar refractivity (Wildman–Crippen MR) is 75.3 cm³/mol. The van der Waals surface area contributed by atoms with Gasteiger partial charge >= 0.3 is 5.97 Å². The van der Waals surface area contributed by atoms with E-state index in [1.165, 1.54) is 6.07 Å². The van der Waals surface area contributed by atoms with Crippen molar-refractivity contribution < 1.29 is 14.3 Å². The molecule has 0 saturated carbocycles. The Bertz CT molecular complexity index is 505. The Morgan fingerprint density at radius 2 is 2.15 bits per heavy atom. The first-order chi connectivity index (χ1) is 9.38. The minimum atomic E-state index is -1.10. The standard InChI is InChI=1S/C15H21FN2O2/c1-10-7-18(9-14(10)17(2)3)8-12-5-4-11(15(19)20)6-13(12)16/h4-6,10,14H,7-9H2,1-3H3,(H,19,20). The molecule has 0 bridgehead atoms. The summed E-state index contributed by atoms with van der Waals surface area (Å²) in [4.78, 5) is 15.2. The Morgan fingerprint density at radius 3 is 2.65 bits per heavy atom. The molecule has 20 heavy (non-hydrogen) atoms. The summed E-state index contributed by atoms with van der Waals surface area (Å²) in [5.74, 6) is -0.991. The largest absolute Gasteiger partial charge is 0.478 e. The van der Waals surface area contributed by atoms with E-state index in [9.17, 15) is 9.18 Å². The van der Waals surface area contributed by atoms with Crippen molar-refractivity contribution in [2.45, 2.75) is 19.5 Å². The molecular weight excluding hydrogens is 259 g/mol. The molecule has 1 aliphatic heterocycles. The minimum Gasteiger partial charge on any atom is -0.478 e. The average molecular weight is 280 g/mol. The lowest BCUT2D eigenvalue weighted by Gasteiger charge is -2.22. The second-order valence-corrected chi connectivity index (χ2v) is 5.81. The fourth-order valence-electron chi connectivity index (χ4n) is 2.90. The summed E-state index contributed by atoms with van der Waals surface area (Å²) in [5, 5.41) is 8.83. The van der Waals surface area contributed by atoms with Gasteiger partial charge in [0.15, 0.2) is 0 Å². The Hall–Kier alpha value is -1.46. The Morgan fingerprint density at radius 1 is 1.45 bits per heavy atom. The molecule has 1 N–H and O–H groups in total. The number of benzene rings is 1. The fourth-order valence-corrected chi connectivity index (χ4v) is 2.90. The molecule has 1 heterocycles. The molecule has 110 valence electrons. The van der Waals surface area contributed by atoms with Crippen molar-refractivity contribution in [3.63, 3.8) is 0 Å². The normalized spacial score (nSPS) is 23.4. The molecule has 0 spiro atoms. The summed E-state index contributed by atoms with van der Waals surface area (Å²) < 4.78 is 13.9. The van der Waals surface area contributed by atoms with Gasteiger partial charge in [0.2, 0.25) is 0 Å². The summed E-state index contributed by atoms with van der Waals surface area (Å²) in [6, 6.07) is 4.62. The third-order valence-corrected chi connectivity index (χ3v) is 4.01. The monoisotopic (exact) mass is 280 g/mol. The molecule has 5 heteroatoms. The molecule has 0 aromatic heterocycles. The summed E-state index contributed by atoms with van der Waals surface area (Å²) in [5.41, 5.74) is 0.550. The van der Waals surface area contributed by atoms with Crippen LogP contribution in [0.1, 0.15) is 22.8 Å². The van der Waals surface area contributed by atoms with Crippen molar-refractivity contribution in [2.75, 3.05) is 27.2 Å². The number of carboxylic acid groups (broad SMARTS) is 1. The summed E-state index contributed by atoms with van der Waals surface area (Å²) in [7, 11) is 4.12. The molecule has 0 amide bonds. The van der Waals surface area contributed by atoms with Crippen molar-refractivity contribution in [3.05, 3.63) is 35.1 Å². The molecule has 0 aliphatic carbocycles. The van der Waals surface area contributed by atoms with Gasteiger partial charge in [-0.05, 0) is 32.1 Å². The first-order valence-electron chi connectivity index (χ1n) is 6.79. The first kappa shape index (κ1) is 14.9. The van der Waals surface area contributed by atoms with Gasteiger partial charge in [-0.15, -0.1) is 0 Å². The molecule has 1 aromatic rings. The minimum absolute atomic E-state index is 0.00721. The number of likely N-dealkylation sites (tertiary alicyclic amines) is 1. The smallest absolute Gasteiger partial charge is 0.335 e. The van der Waals surface area contributed by atoms with Gasteiger partial charge < -0.3 is 10.0 Å². The third kappa shape index (κ3) is 3.16. The van der Waals surface area contributed by atoms with E-state index in [0.717, 1.165) is 19.2 Å². The van der Waals surface area contributed by atoms with Gasteiger partial charge in [-0.25, -0.2) is 9.18 Å². The van der Waals surface area contributed by atoms with Gasteiger partial charge in [-0.2, -0.15) is 0 Å². The zero-order valence-corrected chi connectivity index (χ0v) is 12.1. The fraction of sp³-hybridized carbons (Fsp3) is 0.533. The maximum atomic E-state index is 13.9. The van der Waals surface area contributed by atoms with E-state index in [2.05, 4.69) is 30.8 Å². The zero-order chi connectivity index (χ0) is 14.9. The van der Waals surface area contributed by atoms with Crippen LogP contribution in [0, 0.1) is 11.7 Å². The maximum Gasteiger partial charge on any atom is 0.335 e. The van der Waals surface area contributed by atoms with Crippen LogP contribution >= 0.6 is 0 Å². The lowest BCUT2D eigenvalue weighted by molar-refractivity contribution is 0.0696. The van der Waals surface area contributed by atoms with Gasteiger partial charge in [-0.1, -0.05) is 13.0 Å². The van der Waals surface area contributed by atoms with Crippen molar-refractivity contribution in [2.24, 2.45) is 5.92 Å². The second kappa shape index (κ2) is 5.89. The average Bonchev–Trinajstić information content (AvgIpc) is 2.73. The number of nitrogens with zero attached hydrogens (tertiary/aromatic N) is 2. The Kier molecular flexibility index (Phi) is 4.40. The second-order valence-electron chi connectivity index (χ2n) is 5.81. The van der Waals surface area contributed by atoms with E-state index < -0.39 is 11.8 Å². The van der Waals surface area contributed by atoms with E-state index in [1.54, 1.807) is 6.07 Å². The number of carbonyl (C=O) groups is 1. The predicted octanol–water partition coefficient (Wildman–Crippen LogP) is 1.91. The van der Waals surface area contributed by atoms with Crippen molar-refractivity contribution >= 4 is 5.97 Å². The van der Waals surface area contributed by atoms with Crippen LogP contribution in [0.5, 0.6) is 0 Å². The van der Waals surface area contributed by atoms with E-state index in [4.69, 9.17) is 5.11 Å². The summed E-state index contributed by atoms with van der Waals surface area (Å²) >= 11 is 0. The molecule has 0 radical (unpaired) electrons. The molecule has 1 aliphatic rings. The number of likely N-dealkylation sites (N-methyl/N-ethyl adjacent to an activating group) is 1. The Labute approximate surface area is 118 Å². The summed E-state index contributed by atoms with van der Waals surface area (Å²) in [6.45, 7) is 4.58. The van der Waals surface area contributed by atoms with Crippen LogP contribution in [-0.4, -0.2) is 54.1 Å². The van der Waals surface area contributed by atoms with E-state index >= 15 is 0 Å². The van der Waals surface area contributed by atoms with Gasteiger partial charge in [0.1, 0.15) is 5.82 Å². The van der Waals surface area contributed by atoms with Crippen LogP contribution in [0.4, 0.5) is 4.39 Å². The number of aromatic carboxylic acids is 1. The number of hydrogen-bond acceptors (Lipinski definition) is 3. The van der Waals surface area contributed by atoms with Crippen molar-refractivity contribution in [3.8, 4) is 0 Å². The number of hydrogen-bond donors (Lipinski definition) is 1. The van der Waals surface area contributed by atoms with Gasteiger partial charge in [0, 0.05) is 31.2 Å². The third-order valence-electron chi connectivity index (χ3n) is 4.01. The maximum absolute atomic E-state index is 13.9. The highest BCUT2D eigenvalue weighted by Crippen LogP contribution is 2.23. The van der Waals surface area contributed by atoms with Crippen molar-refractivity contribution in [1.29, 1.82) is 0 Å². The topological polar surface area (TPSA) is 43.8 Å². The number of carboxylic acids is 1. The molecule has 2 unspecified atom stereocenters. The number of halogens is 1. The van der Waals surface area contributed by atoms with Gasteiger partial charge in [0.25, 0.3) is 0 Å². The quantitative estimate of drug-likeness (QED) is 0.915. The molecule has 2 rings (SSSR count). The lowest BCUT2D eigenvalue weighted by atomic mass is 10.1. The number of rotatable bonds is 4. The van der Waals surface area contributed by atoms with Crippen molar-refractivity contribution in [1.82, 2.24) is 9.80 Å². The summed E-state index contributed by atoms with van der Waals surface area (Å²) in [6.07, 6.45) is 0. The molecule has 1 fully saturated rings.